The van der Waals surface area contributed by atoms with Gasteiger partial charge in [-0.1, -0.05) is 30.3 Å². The van der Waals surface area contributed by atoms with Crippen molar-refractivity contribution in [3.63, 3.8) is 0 Å². The minimum absolute atomic E-state index is 0.859. The van der Waals surface area contributed by atoms with Crippen LogP contribution in [-0.4, -0.2) is 21.3 Å². The Morgan fingerprint density at radius 2 is 2.05 bits per heavy atom. The number of nitrogens with one attached hydrogen (secondary N) is 1. The van der Waals surface area contributed by atoms with Crippen molar-refractivity contribution in [2.75, 3.05) is 6.54 Å². The van der Waals surface area contributed by atoms with Crippen LogP contribution in [0.15, 0.2) is 48.1 Å². The highest BCUT2D eigenvalue weighted by Gasteiger charge is 2.02. The van der Waals surface area contributed by atoms with Gasteiger partial charge in [-0.25, -0.2) is 4.98 Å². The first kappa shape index (κ1) is 14.0. The predicted molar refractivity (Wildman–Crippen MR) is 86.2 cm³/mol. The Balaban J connectivity index is 1.49. The van der Waals surface area contributed by atoms with Gasteiger partial charge < -0.3 is 5.32 Å². The van der Waals surface area contributed by atoms with E-state index in [1.165, 1.54) is 16.0 Å². The highest BCUT2D eigenvalue weighted by atomic mass is 32.1. The van der Waals surface area contributed by atoms with E-state index < -0.39 is 0 Å². The Bertz CT molecular complexity index is 687. The van der Waals surface area contributed by atoms with Gasteiger partial charge in [-0.3, -0.25) is 4.68 Å². The molecule has 1 aromatic carbocycles. The molecule has 3 rings (SSSR count). The van der Waals surface area contributed by atoms with Crippen LogP contribution < -0.4 is 5.32 Å². The topological polar surface area (TPSA) is 42.7 Å². The lowest BCUT2D eigenvalue weighted by molar-refractivity contribution is 0.665. The Kier molecular flexibility index (Phi) is 4.43. The van der Waals surface area contributed by atoms with E-state index in [1.54, 1.807) is 22.3 Å². The second kappa shape index (κ2) is 6.65. The third-order valence-corrected chi connectivity index (χ3v) is 4.17. The van der Waals surface area contributed by atoms with Crippen molar-refractivity contribution in [2.24, 2.45) is 7.05 Å². The van der Waals surface area contributed by atoms with E-state index >= 15 is 0 Å². The van der Waals surface area contributed by atoms with Gasteiger partial charge in [-0.2, -0.15) is 5.10 Å². The van der Waals surface area contributed by atoms with Gasteiger partial charge >= 0.3 is 0 Å². The molecule has 0 amide bonds. The first-order valence-electron chi connectivity index (χ1n) is 6.99. The van der Waals surface area contributed by atoms with Crippen LogP contribution in [0.1, 0.15) is 10.7 Å². The van der Waals surface area contributed by atoms with E-state index in [0.717, 1.165) is 25.3 Å². The quantitative estimate of drug-likeness (QED) is 0.712. The van der Waals surface area contributed by atoms with Crippen molar-refractivity contribution in [2.45, 2.75) is 13.0 Å². The van der Waals surface area contributed by atoms with Crippen LogP contribution in [-0.2, 0) is 20.0 Å². The molecule has 0 spiro atoms. The van der Waals surface area contributed by atoms with Crippen LogP contribution in [0, 0.1) is 0 Å². The van der Waals surface area contributed by atoms with Crippen molar-refractivity contribution < 1.29 is 0 Å². The molecule has 108 valence electrons. The number of benzene rings is 1. The predicted octanol–water partition coefficient (Wildman–Crippen LogP) is 2.88. The van der Waals surface area contributed by atoms with Gasteiger partial charge in [0.2, 0.25) is 0 Å². The van der Waals surface area contributed by atoms with Crippen molar-refractivity contribution in [1.29, 1.82) is 0 Å². The van der Waals surface area contributed by atoms with E-state index in [9.17, 15) is 0 Å². The molecule has 0 fully saturated rings. The number of nitrogens with zero attached hydrogens (tertiary/aromatic N) is 3. The van der Waals surface area contributed by atoms with Crippen LogP contribution in [0.5, 0.6) is 0 Å². The Labute approximate surface area is 128 Å². The number of hydrogen-bond acceptors (Lipinski definition) is 4. The molecule has 0 atom stereocenters. The minimum Gasteiger partial charge on any atom is -0.311 e. The zero-order valence-corrected chi connectivity index (χ0v) is 12.8. The summed E-state index contributed by atoms with van der Waals surface area (Å²) in [7, 11) is 1.89. The molecule has 5 heteroatoms. The Morgan fingerprint density at radius 1 is 1.19 bits per heavy atom. The summed E-state index contributed by atoms with van der Waals surface area (Å²) in [5, 5.41) is 9.93. The van der Waals surface area contributed by atoms with Crippen LogP contribution in [0.2, 0.25) is 0 Å². The molecule has 0 radical (unpaired) electrons. The van der Waals surface area contributed by atoms with Gasteiger partial charge in [-0.05, 0) is 22.6 Å². The molecule has 0 bridgehead atoms. The van der Waals surface area contributed by atoms with Gasteiger partial charge in [0.05, 0.1) is 0 Å². The van der Waals surface area contributed by atoms with Crippen LogP contribution >= 0.6 is 11.3 Å². The van der Waals surface area contributed by atoms with Crippen molar-refractivity contribution in [1.82, 2.24) is 20.1 Å². The standard InChI is InChI=1S/C16H18N4S/c1-20-12-18-16(19-20)7-8-17-10-15-9-14(11-21-15)13-5-3-2-4-6-13/h2-6,9,11-12,17H,7-8,10H2,1H3. The lowest BCUT2D eigenvalue weighted by atomic mass is 10.1. The maximum absolute atomic E-state index is 4.27. The van der Waals surface area contributed by atoms with Crippen LogP contribution in [0.3, 0.4) is 0 Å². The zero-order chi connectivity index (χ0) is 14.5. The molecule has 4 nitrogen and oxygen atoms in total. The average Bonchev–Trinajstić information content (AvgIpc) is 3.14. The van der Waals surface area contributed by atoms with E-state index in [-0.39, 0.29) is 0 Å². The van der Waals surface area contributed by atoms with Crippen molar-refractivity contribution >= 4 is 11.3 Å². The SMILES string of the molecule is Cn1cnc(CCNCc2cc(-c3ccccc3)cs2)n1. The largest absolute Gasteiger partial charge is 0.311 e. The fraction of sp³-hybridized carbons (Fsp3) is 0.250. The first-order chi connectivity index (χ1) is 10.3. The monoisotopic (exact) mass is 298 g/mol. The molecule has 0 aliphatic carbocycles. The van der Waals surface area contributed by atoms with Gasteiger partial charge in [0.1, 0.15) is 6.33 Å². The second-order valence-electron chi connectivity index (χ2n) is 4.93. The molecule has 0 unspecified atom stereocenters. The first-order valence-corrected chi connectivity index (χ1v) is 7.87. The molecule has 0 saturated carbocycles. The zero-order valence-electron chi connectivity index (χ0n) is 12.0. The van der Waals surface area contributed by atoms with Crippen molar-refractivity contribution in [3.05, 3.63) is 58.8 Å². The minimum atomic E-state index is 0.859. The average molecular weight is 298 g/mol. The van der Waals surface area contributed by atoms with Crippen LogP contribution in [0.4, 0.5) is 0 Å². The summed E-state index contributed by atoms with van der Waals surface area (Å²) in [5.41, 5.74) is 2.57. The summed E-state index contributed by atoms with van der Waals surface area (Å²) in [5.74, 6) is 0.890. The van der Waals surface area contributed by atoms with Gasteiger partial charge in [-0.15, -0.1) is 11.3 Å². The van der Waals surface area contributed by atoms with Gasteiger partial charge in [0, 0.05) is 31.4 Å². The Morgan fingerprint density at radius 3 is 2.81 bits per heavy atom. The second-order valence-corrected chi connectivity index (χ2v) is 5.92. The van der Waals surface area contributed by atoms with Crippen LogP contribution in [0.25, 0.3) is 11.1 Å². The number of aryl methyl sites for hydroxylation is 1. The molecular formula is C16H18N4S. The van der Waals surface area contributed by atoms with Crippen molar-refractivity contribution in [3.8, 4) is 11.1 Å². The highest BCUT2D eigenvalue weighted by Crippen LogP contribution is 2.25. The molecule has 2 aromatic heterocycles. The highest BCUT2D eigenvalue weighted by molar-refractivity contribution is 7.10. The molecule has 0 aliphatic rings. The molecule has 0 saturated heterocycles. The summed E-state index contributed by atoms with van der Waals surface area (Å²) in [6.07, 6.45) is 2.60. The third-order valence-electron chi connectivity index (χ3n) is 3.23. The molecule has 3 aromatic rings. The molecule has 0 aliphatic heterocycles. The van der Waals surface area contributed by atoms with Gasteiger partial charge in [0.25, 0.3) is 0 Å². The van der Waals surface area contributed by atoms with E-state index in [4.69, 9.17) is 0 Å². The number of hydrogen-bond donors (Lipinski definition) is 1. The Hall–Kier alpha value is -1.98. The summed E-state index contributed by atoms with van der Waals surface area (Å²) in [4.78, 5) is 5.57. The molecule has 21 heavy (non-hydrogen) atoms. The summed E-state index contributed by atoms with van der Waals surface area (Å²) >= 11 is 1.80. The lowest BCUT2D eigenvalue weighted by Crippen LogP contribution is -2.16. The third kappa shape index (κ3) is 3.77. The van der Waals surface area contributed by atoms with E-state index in [2.05, 4.69) is 51.1 Å². The van der Waals surface area contributed by atoms with E-state index in [1.807, 2.05) is 13.1 Å². The normalized spacial score (nSPS) is 10.9. The number of aromatic nitrogens is 3. The maximum Gasteiger partial charge on any atom is 0.151 e. The summed E-state index contributed by atoms with van der Waals surface area (Å²) < 4.78 is 1.74. The molecule has 1 N–H and O–H groups in total. The summed E-state index contributed by atoms with van der Waals surface area (Å²) in [6.45, 7) is 1.78. The maximum atomic E-state index is 4.27. The fourth-order valence-corrected chi connectivity index (χ4v) is 3.03. The number of thiophene rings is 1. The van der Waals surface area contributed by atoms with E-state index in [0.29, 0.717) is 0 Å². The smallest absolute Gasteiger partial charge is 0.151 e. The lowest BCUT2D eigenvalue weighted by Gasteiger charge is -2.00. The molecular weight excluding hydrogens is 280 g/mol. The van der Waals surface area contributed by atoms with Gasteiger partial charge in [0.15, 0.2) is 5.82 Å². The number of rotatable bonds is 6. The summed E-state index contributed by atoms with van der Waals surface area (Å²) in [6, 6.07) is 12.7. The fourth-order valence-electron chi connectivity index (χ4n) is 2.17. The molecule has 2 heterocycles.